The molecular formula is C19H25N5O3. The van der Waals surface area contributed by atoms with Gasteiger partial charge in [0.2, 0.25) is 17.7 Å². The fourth-order valence-corrected chi connectivity index (χ4v) is 2.75. The number of para-hydroxylation sites is 2. The molecule has 2 aromatic rings. The highest BCUT2D eigenvalue weighted by Gasteiger charge is 2.26. The third-order valence-electron chi connectivity index (χ3n) is 3.97. The van der Waals surface area contributed by atoms with Crippen molar-refractivity contribution in [2.24, 2.45) is 11.7 Å². The molecule has 0 aliphatic carbocycles. The lowest BCUT2D eigenvalue weighted by molar-refractivity contribution is -0.131. The predicted molar refractivity (Wildman–Crippen MR) is 101 cm³/mol. The number of primary amides is 1. The van der Waals surface area contributed by atoms with Crippen LogP contribution >= 0.6 is 0 Å². The highest BCUT2D eigenvalue weighted by Crippen LogP contribution is 2.10. The quantitative estimate of drug-likeness (QED) is 0.629. The van der Waals surface area contributed by atoms with Gasteiger partial charge in [-0.15, -0.1) is 0 Å². The van der Waals surface area contributed by atoms with Crippen molar-refractivity contribution < 1.29 is 14.4 Å². The van der Waals surface area contributed by atoms with Gasteiger partial charge in [0.25, 0.3) is 0 Å². The molecule has 0 aliphatic heterocycles. The van der Waals surface area contributed by atoms with E-state index in [0.29, 0.717) is 17.6 Å². The number of nitrogens with zero attached hydrogens (tertiary/aromatic N) is 2. The Morgan fingerprint density at radius 3 is 2.33 bits per heavy atom. The van der Waals surface area contributed by atoms with Crippen molar-refractivity contribution in [3.63, 3.8) is 0 Å². The Morgan fingerprint density at radius 1 is 1.07 bits per heavy atom. The standard InChI is InChI=1S/C19H25N5O3/c1-11(2)8-17(22-12(3)25)19(27)24-16(18(20)26)9-13-10-21-14-6-4-5-7-15(14)23-13/h4-7,10-11,16-17H,8-9H2,1-3H3,(H2,20,26)(H,22,25)(H,24,27)/t16-,17-/m0/s1. The van der Waals surface area contributed by atoms with Crippen LogP contribution in [0.3, 0.4) is 0 Å². The fourth-order valence-electron chi connectivity index (χ4n) is 2.75. The molecule has 1 aromatic heterocycles. The fraction of sp³-hybridized carbons (Fsp3) is 0.421. The molecule has 8 heteroatoms. The first-order valence-electron chi connectivity index (χ1n) is 8.83. The Labute approximate surface area is 157 Å². The Hall–Kier alpha value is -3.03. The lowest BCUT2D eigenvalue weighted by Crippen LogP contribution is -2.53. The lowest BCUT2D eigenvalue weighted by atomic mass is 10.0. The van der Waals surface area contributed by atoms with Gasteiger partial charge in [-0.25, -0.2) is 4.98 Å². The number of nitrogens with one attached hydrogen (secondary N) is 2. The van der Waals surface area contributed by atoms with Gasteiger partial charge < -0.3 is 16.4 Å². The summed E-state index contributed by atoms with van der Waals surface area (Å²) in [6.07, 6.45) is 2.13. The summed E-state index contributed by atoms with van der Waals surface area (Å²) in [6, 6.07) is 5.68. The number of carbonyl (C=O) groups is 3. The summed E-state index contributed by atoms with van der Waals surface area (Å²) in [6.45, 7) is 5.23. The molecule has 4 N–H and O–H groups in total. The third kappa shape index (κ3) is 6.02. The summed E-state index contributed by atoms with van der Waals surface area (Å²) in [5, 5.41) is 5.24. The second-order valence-electron chi connectivity index (χ2n) is 6.90. The molecular weight excluding hydrogens is 346 g/mol. The van der Waals surface area contributed by atoms with Gasteiger partial charge in [0.05, 0.1) is 16.7 Å². The van der Waals surface area contributed by atoms with E-state index >= 15 is 0 Å². The zero-order chi connectivity index (χ0) is 20.0. The summed E-state index contributed by atoms with van der Waals surface area (Å²) >= 11 is 0. The van der Waals surface area contributed by atoms with Crippen molar-refractivity contribution in [3.8, 4) is 0 Å². The van der Waals surface area contributed by atoms with Crippen molar-refractivity contribution in [2.45, 2.75) is 45.7 Å². The van der Waals surface area contributed by atoms with Crippen LogP contribution < -0.4 is 16.4 Å². The van der Waals surface area contributed by atoms with Crippen LogP contribution in [0.2, 0.25) is 0 Å². The first kappa shape index (κ1) is 20.3. The highest BCUT2D eigenvalue weighted by molar-refractivity contribution is 5.91. The molecule has 0 saturated carbocycles. The van der Waals surface area contributed by atoms with Gasteiger partial charge in [-0.05, 0) is 24.5 Å². The Balaban J connectivity index is 2.14. The maximum absolute atomic E-state index is 12.6. The van der Waals surface area contributed by atoms with Gasteiger partial charge in [0.15, 0.2) is 0 Å². The first-order chi connectivity index (χ1) is 12.8. The maximum atomic E-state index is 12.6. The van der Waals surface area contributed by atoms with Crippen molar-refractivity contribution in [1.82, 2.24) is 20.6 Å². The molecule has 2 rings (SSSR count). The normalized spacial score (nSPS) is 13.2. The second-order valence-corrected chi connectivity index (χ2v) is 6.90. The summed E-state index contributed by atoms with van der Waals surface area (Å²) in [7, 11) is 0. The molecule has 1 heterocycles. The number of carbonyl (C=O) groups excluding carboxylic acids is 3. The zero-order valence-corrected chi connectivity index (χ0v) is 15.7. The van der Waals surface area contributed by atoms with Crippen LogP contribution in [0.1, 0.15) is 32.9 Å². The van der Waals surface area contributed by atoms with Gasteiger partial charge in [-0.3, -0.25) is 19.4 Å². The van der Waals surface area contributed by atoms with Crippen LogP contribution in [-0.4, -0.2) is 39.8 Å². The maximum Gasteiger partial charge on any atom is 0.243 e. The number of aromatic nitrogens is 2. The lowest BCUT2D eigenvalue weighted by Gasteiger charge is -2.22. The summed E-state index contributed by atoms with van der Waals surface area (Å²) in [4.78, 5) is 44.5. The van der Waals surface area contributed by atoms with E-state index in [-0.39, 0.29) is 18.2 Å². The van der Waals surface area contributed by atoms with Crippen molar-refractivity contribution >= 4 is 28.8 Å². The Morgan fingerprint density at radius 2 is 1.74 bits per heavy atom. The van der Waals surface area contributed by atoms with Gasteiger partial charge in [0, 0.05) is 19.5 Å². The van der Waals surface area contributed by atoms with E-state index in [1.165, 1.54) is 6.92 Å². The summed E-state index contributed by atoms with van der Waals surface area (Å²) in [5.41, 5.74) is 7.43. The molecule has 3 amide bonds. The topological polar surface area (TPSA) is 127 Å². The molecule has 2 atom stereocenters. The molecule has 0 radical (unpaired) electrons. The van der Waals surface area contributed by atoms with E-state index in [4.69, 9.17) is 5.73 Å². The van der Waals surface area contributed by atoms with E-state index in [2.05, 4.69) is 20.6 Å². The average molecular weight is 371 g/mol. The molecule has 8 nitrogen and oxygen atoms in total. The minimum absolute atomic E-state index is 0.118. The van der Waals surface area contributed by atoms with Gasteiger partial charge in [-0.1, -0.05) is 26.0 Å². The minimum Gasteiger partial charge on any atom is -0.368 e. The molecule has 0 spiro atoms. The van der Waals surface area contributed by atoms with E-state index in [0.717, 1.165) is 5.52 Å². The monoisotopic (exact) mass is 371 g/mol. The number of nitrogens with two attached hydrogens (primary N) is 1. The summed E-state index contributed by atoms with van der Waals surface area (Å²) in [5.74, 6) is -1.25. The van der Waals surface area contributed by atoms with E-state index in [1.807, 2.05) is 38.1 Å². The largest absolute Gasteiger partial charge is 0.368 e. The van der Waals surface area contributed by atoms with Crippen LogP contribution in [0.4, 0.5) is 0 Å². The van der Waals surface area contributed by atoms with E-state index in [1.54, 1.807) is 6.20 Å². The molecule has 0 unspecified atom stereocenters. The number of amides is 3. The molecule has 0 saturated heterocycles. The molecule has 0 aliphatic rings. The number of hydrogen-bond acceptors (Lipinski definition) is 5. The molecule has 0 fully saturated rings. The number of fused-ring (bicyclic) bond motifs is 1. The van der Waals surface area contributed by atoms with E-state index in [9.17, 15) is 14.4 Å². The smallest absolute Gasteiger partial charge is 0.243 e. The van der Waals surface area contributed by atoms with Gasteiger partial charge >= 0.3 is 0 Å². The minimum atomic E-state index is -0.948. The van der Waals surface area contributed by atoms with Gasteiger partial charge in [-0.2, -0.15) is 0 Å². The first-order valence-corrected chi connectivity index (χ1v) is 8.83. The Kier molecular flexibility index (Phi) is 6.81. The number of hydrogen-bond donors (Lipinski definition) is 3. The molecule has 0 bridgehead atoms. The molecule has 144 valence electrons. The average Bonchev–Trinajstić information content (AvgIpc) is 2.59. The Bertz CT molecular complexity index is 837. The van der Waals surface area contributed by atoms with Crippen LogP contribution in [0.15, 0.2) is 30.5 Å². The zero-order valence-electron chi connectivity index (χ0n) is 15.7. The number of benzene rings is 1. The third-order valence-corrected chi connectivity index (χ3v) is 3.97. The highest BCUT2D eigenvalue weighted by atomic mass is 16.2. The van der Waals surface area contributed by atoms with Crippen LogP contribution in [0, 0.1) is 5.92 Å². The van der Waals surface area contributed by atoms with Crippen molar-refractivity contribution in [3.05, 3.63) is 36.2 Å². The molecule has 27 heavy (non-hydrogen) atoms. The SMILES string of the molecule is CC(=O)N[C@@H](CC(C)C)C(=O)N[C@@H](Cc1cnc2ccccc2n1)C(N)=O. The summed E-state index contributed by atoms with van der Waals surface area (Å²) < 4.78 is 0. The van der Waals surface area contributed by atoms with Crippen LogP contribution in [-0.2, 0) is 20.8 Å². The van der Waals surface area contributed by atoms with Crippen LogP contribution in [0.5, 0.6) is 0 Å². The molecule has 1 aromatic carbocycles. The van der Waals surface area contributed by atoms with E-state index < -0.39 is 23.9 Å². The van der Waals surface area contributed by atoms with Gasteiger partial charge in [0.1, 0.15) is 12.1 Å². The number of rotatable bonds is 8. The van der Waals surface area contributed by atoms with Crippen LogP contribution in [0.25, 0.3) is 11.0 Å². The van der Waals surface area contributed by atoms with Crippen molar-refractivity contribution in [1.29, 1.82) is 0 Å². The van der Waals surface area contributed by atoms with Crippen molar-refractivity contribution in [2.75, 3.05) is 0 Å². The predicted octanol–water partition coefficient (Wildman–Crippen LogP) is 0.693. The second kappa shape index (κ2) is 9.07.